The lowest BCUT2D eigenvalue weighted by atomic mass is 9.90. The van der Waals surface area contributed by atoms with Crippen LogP contribution in [0.2, 0.25) is 0 Å². The van der Waals surface area contributed by atoms with Gasteiger partial charge < -0.3 is 14.2 Å². The van der Waals surface area contributed by atoms with Crippen molar-refractivity contribution < 1.29 is 28.6 Å². The summed E-state index contributed by atoms with van der Waals surface area (Å²) in [5.41, 5.74) is 2.64. The normalized spacial score (nSPS) is 17.4. The van der Waals surface area contributed by atoms with Crippen molar-refractivity contribution in [2.75, 3.05) is 6.61 Å². The van der Waals surface area contributed by atoms with Gasteiger partial charge in [0.25, 0.3) is 0 Å². The molecule has 1 aliphatic carbocycles. The summed E-state index contributed by atoms with van der Waals surface area (Å²) in [5, 5.41) is 0. The van der Waals surface area contributed by atoms with Crippen LogP contribution >= 0.6 is 0 Å². The molecule has 1 spiro atoms. The highest BCUT2D eigenvalue weighted by molar-refractivity contribution is 6.30. The first-order chi connectivity index (χ1) is 13.3. The number of esters is 3. The Hall–Kier alpha value is -3.07. The molecule has 2 aliphatic rings. The van der Waals surface area contributed by atoms with Crippen LogP contribution in [0.4, 0.5) is 0 Å². The van der Waals surface area contributed by atoms with Crippen molar-refractivity contribution >= 4 is 23.5 Å². The van der Waals surface area contributed by atoms with Crippen molar-refractivity contribution in [3.63, 3.8) is 0 Å². The summed E-state index contributed by atoms with van der Waals surface area (Å²) >= 11 is 0. The Morgan fingerprint density at radius 3 is 2.32 bits per heavy atom. The van der Waals surface area contributed by atoms with E-state index in [1.165, 1.54) is 0 Å². The van der Waals surface area contributed by atoms with Gasteiger partial charge in [0.2, 0.25) is 0 Å². The smallest absolute Gasteiger partial charge is 0.422 e. The number of rotatable bonds is 3. The molecule has 1 saturated carbocycles. The van der Waals surface area contributed by atoms with E-state index in [4.69, 9.17) is 15.9 Å². The molecule has 1 aromatic carbocycles. The minimum atomic E-state index is -1.21. The molecule has 0 radical (unpaired) electrons. The lowest BCUT2D eigenvalue weighted by Gasteiger charge is -2.24. The number of hydrogen-bond acceptors (Lipinski definition) is 6. The highest BCUT2D eigenvalue weighted by Gasteiger charge is 2.53. The number of carbonyl (C=O) groups excluding carboxylic acids is 3. The molecule has 0 aromatic heterocycles. The third-order valence-electron chi connectivity index (χ3n) is 5.12. The monoisotopic (exact) mass is 382 g/mol. The largest absolute Gasteiger partial charge is 0.447 e. The molecule has 1 aliphatic heterocycles. The molecule has 6 heteroatoms. The van der Waals surface area contributed by atoms with Gasteiger partial charge in [0.1, 0.15) is 5.57 Å². The first-order valence-electron chi connectivity index (χ1n) is 9.18. The maximum atomic E-state index is 12.8. The number of benzene rings is 1. The Kier molecular flexibility index (Phi) is 5.28. The SMILES string of the molecule is C#CCOC(=O)C(=O)OC1=C(c2c(C)cc(C)cc2C)C(=O)OC12CCCC2. The number of terminal acetylenes is 1. The van der Waals surface area contributed by atoms with E-state index in [1.807, 2.05) is 32.9 Å². The van der Waals surface area contributed by atoms with Gasteiger partial charge in [-0.25, -0.2) is 14.4 Å². The van der Waals surface area contributed by atoms with Crippen LogP contribution in [-0.2, 0) is 28.6 Å². The topological polar surface area (TPSA) is 78.9 Å². The van der Waals surface area contributed by atoms with Crippen LogP contribution in [0.15, 0.2) is 17.9 Å². The van der Waals surface area contributed by atoms with E-state index in [0.29, 0.717) is 18.4 Å². The van der Waals surface area contributed by atoms with E-state index in [0.717, 1.165) is 29.5 Å². The van der Waals surface area contributed by atoms with E-state index < -0.39 is 23.5 Å². The van der Waals surface area contributed by atoms with Crippen molar-refractivity contribution in [3.8, 4) is 12.3 Å². The zero-order valence-corrected chi connectivity index (χ0v) is 16.2. The van der Waals surface area contributed by atoms with Crippen LogP contribution in [-0.4, -0.2) is 30.1 Å². The van der Waals surface area contributed by atoms with E-state index >= 15 is 0 Å². The van der Waals surface area contributed by atoms with Crippen molar-refractivity contribution in [2.45, 2.75) is 52.1 Å². The molecule has 1 fully saturated rings. The maximum Gasteiger partial charge on any atom is 0.422 e. The van der Waals surface area contributed by atoms with Gasteiger partial charge in [0.15, 0.2) is 18.0 Å². The van der Waals surface area contributed by atoms with Crippen molar-refractivity contribution in [3.05, 3.63) is 40.1 Å². The van der Waals surface area contributed by atoms with E-state index in [1.54, 1.807) is 0 Å². The molecular formula is C22H22O6. The predicted octanol–water partition coefficient (Wildman–Crippen LogP) is 2.91. The molecule has 0 amide bonds. The average molecular weight is 382 g/mol. The fourth-order valence-corrected chi connectivity index (χ4v) is 4.11. The average Bonchev–Trinajstić information content (AvgIpc) is 3.19. The second kappa shape index (κ2) is 7.51. The van der Waals surface area contributed by atoms with Gasteiger partial charge in [-0.05, 0) is 63.1 Å². The summed E-state index contributed by atoms with van der Waals surface area (Å²) in [6.07, 6.45) is 7.77. The van der Waals surface area contributed by atoms with E-state index in [9.17, 15) is 14.4 Å². The third kappa shape index (κ3) is 3.40. The summed E-state index contributed by atoms with van der Waals surface area (Å²) in [6.45, 7) is 5.40. The van der Waals surface area contributed by atoms with Crippen LogP contribution in [0, 0.1) is 33.1 Å². The zero-order chi connectivity index (χ0) is 20.5. The van der Waals surface area contributed by atoms with Crippen LogP contribution in [0.1, 0.15) is 47.9 Å². The van der Waals surface area contributed by atoms with Crippen molar-refractivity contribution in [1.29, 1.82) is 0 Å². The fraction of sp³-hybridized carbons (Fsp3) is 0.409. The fourth-order valence-electron chi connectivity index (χ4n) is 4.11. The Morgan fingerprint density at radius 1 is 1.14 bits per heavy atom. The van der Waals surface area contributed by atoms with E-state index in [-0.39, 0.29) is 17.9 Å². The lowest BCUT2D eigenvalue weighted by Crippen LogP contribution is -2.32. The van der Waals surface area contributed by atoms with Gasteiger partial charge >= 0.3 is 17.9 Å². The lowest BCUT2D eigenvalue weighted by molar-refractivity contribution is -0.167. The standard InChI is InChI=1S/C22H22O6/c1-5-10-26-20(24)21(25)27-18-17(16-14(3)11-13(2)12-15(16)4)19(23)28-22(18)8-6-7-9-22/h1,11-12H,6-10H2,2-4H3. The van der Waals surface area contributed by atoms with Crippen LogP contribution < -0.4 is 0 Å². The van der Waals surface area contributed by atoms with Crippen LogP contribution in [0.25, 0.3) is 5.57 Å². The van der Waals surface area contributed by atoms with Crippen molar-refractivity contribution in [1.82, 2.24) is 0 Å². The number of hydrogen-bond donors (Lipinski definition) is 0. The second-order valence-corrected chi connectivity index (χ2v) is 7.24. The molecule has 1 aromatic rings. The van der Waals surface area contributed by atoms with Gasteiger partial charge in [-0.15, -0.1) is 6.42 Å². The molecule has 3 rings (SSSR count). The minimum Gasteiger partial charge on any atom is -0.447 e. The Bertz CT molecular complexity index is 902. The van der Waals surface area contributed by atoms with Gasteiger partial charge in [-0.3, -0.25) is 0 Å². The molecule has 146 valence electrons. The summed E-state index contributed by atoms with van der Waals surface area (Å²) in [4.78, 5) is 37.0. The molecule has 6 nitrogen and oxygen atoms in total. The second-order valence-electron chi connectivity index (χ2n) is 7.24. The molecule has 1 heterocycles. The number of aryl methyl sites for hydroxylation is 3. The highest BCUT2D eigenvalue weighted by atomic mass is 16.6. The molecule has 0 N–H and O–H groups in total. The summed E-state index contributed by atoms with van der Waals surface area (Å²) in [5.74, 6) is -0.737. The zero-order valence-electron chi connectivity index (χ0n) is 16.2. The number of carbonyl (C=O) groups is 3. The third-order valence-corrected chi connectivity index (χ3v) is 5.12. The molecule has 28 heavy (non-hydrogen) atoms. The molecule has 0 atom stereocenters. The first-order valence-corrected chi connectivity index (χ1v) is 9.18. The molecular weight excluding hydrogens is 360 g/mol. The van der Waals surface area contributed by atoms with Crippen molar-refractivity contribution in [2.24, 2.45) is 0 Å². The van der Waals surface area contributed by atoms with Gasteiger partial charge in [0, 0.05) is 0 Å². The first kappa shape index (κ1) is 19.7. The molecule has 0 bridgehead atoms. The summed E-state index contributed by atoms with van der Waals surface area (Å²) in [6, 6.07) is 3.89. The van der Waals surface area contributed by atoms with Gasteiger partial charge in [-0.2, -0.15) is 0 Å². The predicted molar refractivity (Wildman–Crippen MR) is 101 cm³/mol. The summed E-state index contributed by atoms with van der Waals surface area (Å²) < 4.78 is 15.8. The highest BCUT2D eigenvalue weighted by Crippen LogP contribution is 2.49. The molecule has 0 saturated heterocycles. The summed E-state index contributed by atoms with van der Waals surface area (Å²) in [7, 11) is 0. The van der Waals surface area contributed by atoms with Crippen LogP contribution in [0.3, 0.4) is 0 Å². The quantitative estimate of drug-likeness (QED) is 0.346. The Labute approximate surface area is 163 Å². The van der Waals surface area contributed by atoms with Gasteiger partial charge in [0.05, 0.1) is 0 Å². The number of ether oxygens (including phenoxy) is 3. The van der Waals surface area contributed by atoms with Crippen LogP contribution in [0.5, 0.6) is 0 Å². The van der Waals surface area contributed by atoms with E-state index in [2.05, 4.69) is 10.7 Å². The Balaban J connectivity index is 2.10. The van der Waals surface area contributed by atoms with Gasteiger partial charge in [-0.1, -0.05) is 23.6 Å². The molecule has 0 unspecified atom stereocenters. The Morgan fingerprint density at radius 2 is 1.75 bits per heavy atom. The maximum absolute atomic E-state index is 12.8. The minimum absolute atomic E-state index is 0.104.